The van der Waals surface area contributed by atoms with E-state index in [4.69, 9.17) is 9.88 Å². The summed E-state index contributed by atoms with van der Waals surface area (Å²) in [5.74, 6) is -0.316. The lowest BCUT2D eigenvalue weighted by Crippen LogP contribution is -2.26. The van der Waals surface area contributed by atoms with Gasteiger partial charge in [0.25, 0.3) is 5.91 Å². The molecule has 3 N–H and O–H groups in total. The molecule has 0 saturated carbocycles. The first kappa shape index (κ1) is 16.6. The molecule has 0 atom stereocenters. The number of rotatable bonds is 6. The Balaban J connectivity index is 2.98. The predicted octanol–water partition coefficient (Wildman–Crippen LogP) is 0.717. The van der Waals surface area contributed by atoms with Crippen LogP contribution in [0.5, 0.6) is 0 Å². The summed E-state index contributed by atoms with van der Waals surface area (Å²) in [5.41, 5.74) is 1.55. The van der Waals surface area contributed by atoms with Crippen molar-refractivity contribution in [3.05, 3.63) is 28.8 Å². The third kappa shape index (κ3) is 4.29. The number of carbonyl (C=O) groups excluding carboxylic acids is 1. The second-order valence-corrected chi connectivity index (χ2v) is 6.11. The van der Waals surface area contributed by atoms with Gasteiger partial charge in [0.1, 0.15) is 0 Å². The maximum absolute atomic E-state index is 12.0. The van der Waals surface area contributed by atoms with Gasteiger partial charge in [0.2, 0.25) is 10.0 Å². The highest BCUT2D eigenvalue weighted by Gasteiger charge is 2.17. The lowest BCUT2D eigenvalue weighted by molar-refractivity contribution is 0.0948. The Morgan fingerprint density at radius 3 is 2.50 bits per heavy atom. The number of nitrogens with one attached hydrogen (secondary N) is 1. The van der Waals surface area contributed by atoms with Crippen molar-refractivity contribution in [2.45, 2.75) is 25.2 Å². The first-order valence-corrected chi connectivity index (χ1v) is 7.73. The highest BCUT2D eigenvalue weighted by atomic mass is 32.2. The molecule has 0 radical (unpaired) electrons. The zero-order valence-electron chi connectivity index (χ0n) is 11.9. The SMILES string of the molecule is COCCCNC(=O)c1cc(S(N)(=O)=O)c(C)cc1C. The van der Waals surface area contributed by atoms with Crippen LogP contribution in [-0.2, 0) is 14.8 Å². The van der Waals surface area contributed by atoms with E-state index in [1.165, 1.54) is 6.07 Å². The van der Waals surface area contributed by atoms with E-state index < -0.39 is 10.0 Å². The van der Waals surface area contributed by atoms with Crippen LogP contribution in [0.15, 0.2) is 17.0 Å². The Morgan fingerprint density at radius 2 is 1.95 bits per heavy atom. The fourth-order valence-corrected chi connectivity index (χ4v) is 2.69. The molecule has 6 nitrogen and oxygen atoms in total. The molecular weight excluding hydrogens is 280 g/mol. The Morgan fingerprint density at radius 1 is 1.30 bits per heavy atom. The lowest BCUT2D eigenvalue weighted by Gasteiger charge is -2.11. The molecule has 0 aliphatic rings. The maximum Gasteiger partial charge on any atom is 0.251 e. The van der Waals surface area contributed by atoms with Gasteiger partial charge in [-0.2, -0.15) is 0 Å². The number of carbonyl (C=O) groups is 1. The monoisotopic (exact) mass is 300 g/mol. The number of primary sulfonamides is 1. The van der Waals surface area contributed by atoms with Crippen molar-refractivity contribution >= 4 is 15.9 Å². The van der Waals surface area contributed by atoms with Crippen LogP contribution < -0.4 is 10.5 Å². The van der Waals surface area contributed by atoms with Crippen LogP contribution in [0, 0.1) is 13.8 Å². The van der Waals surface area contributed by atoms with Crippen LogP contribution >= 0.6 is 0 Å². The molecule has 0 spiro atoms. The second-order valence-electron chi connectivity index (χ2n) is 4.58. The van der Waals surface area contributed by atoms with Crippen molar-refractivity contribution in [2.24, 2.45) is 5.14 Å². The van der Waals surface area contributed by atoms with Crippen molar-refractivity contribution in [1.29, 1.82) is 0 Å². The largest absolute Gasteiger partial charge is 0.385 e. The molecule has 112 valence electrons. The number of ether oxygens (including phenoxy) is 1. The Labute approximate surface area is 119 Å². The van der Waals surface area contributed by atoms with E-state index in [2.05, 4.69) is 5.32 Å². The molecule has 0 unspecified atom stereocenters. The molecule has 1 amide bonds. The van der Waals surface area contributed by atoms with Gasteiger partial charge < -0.3 is 10.1 Å². The third-order valence-electron chi connectivity index (χ3n) is 2.88. The standard InChI is InChI=1S/C13H20N2O4S/c1-9-7-10(2)12(20(14,17)18)8-11(9)13(16)15-5-4-6-19-3/h7-8H,4-6H2,1-3H3,(H,15,16)(H2,14,17,18). The van der Waals surface area contributed by atoms with Gasteiger partial charge >= 0.3 is 0 Å². The molecular formula is C13H20N2O4S. The van der Waals surface area contributed by atoms with E-state index in [1.807, 2.05) is 0 Å². The van der Waals surface area contributed by atoms with E-state index in [9.17, 15) is 13.2 Å². The molecule has 0 aromatic heterocycles. The minimum Gasteiger partial charge on any atom is -0.385 e. The van der Waals surface area contributed by atoms with Crippen LogP contribution in [0.4, 0.5) is 0 Å². The van der Waals surface area contributed by atoms with Crippen molar-refractivity contribution in [1.82, 2.24) is 5.32 Å². The van der Waals surface area contributed by atoms with Crippen LogP contribution in [0.25, 0.3) is 0 Å². The average Bonchev–Trinajstić information content (AvgIpc) is 2.32. The zero-order valence-corrected chi connectivity index (χ0v) is 12.7. The van der Waals surface area contributed by atoms with Crippen LogP contribution in [-0.4, -0.2) is 34.6 Å². The van der Waals surface area contributed by atoms with E-state index in [-0.39, 0.29) is 10.8 Å². The summed E-state index contributed by atoms with van der Waals surface area (Å²) in [6.07, 6.45) is 0.690. The quantitative estimate of drug-likeness (QED) is 0.756. The molecule has 20 heavy (non-hydrogen) atoms. The van der Waals surface area contributed by atoms with Gasteiger partial charge in [-0.3, -0.25) is 4.79 Å². The average molecular weight is 300 g/mol. The van der Waals surface area contributed by atoms with Crippen molar-refractivity contribution in [3.8, 4) is 0 Å². The summed E-state index contributed by atoms with van der Waals surface area (Å²) in [6.45, 7) is 4.41. The van der Waals surface area contributed by atoms with Crippen molar-refractivity contribution in [2.75, 3.05) is 20.3 Å². The molecule has 0 heterocycles. The van der Waals surface area contributed by atoms with Crippen LogP contribution in [0.3, 0.4) is 0 Å². The van der Waals surface area contributed by atoms with Crippen molar-refractivity contribution in [3.63, 3.8) is 0 Å². The third-order valence-corrected chi connectivity index (χ3v) is 3.94. The number of hydrogen-bond donors (Lipinski definition) is 2. The van der Waals surface area contributed by atoms with E-state index >= 15 is 0 Å². The summed E-state index contributed by atoms with van der Waals surface area (Å²) < 4.78 is 27.8. The Bertz CT molecular complexity index is 597. The molecule has 0 aliphatic heterocycles. The summed E-state index contributed by atoms with van der Waals surface area (Å²) in [6, 6.07) is 2.97. The van der Waals surface area contributed by atoms with Gasteiger partial charge in [-0.25, -0.2) is 13.6 Å². The van der Waals surface area contributed by atoms with Gasteiger partial charge in [0.05, 0.1) is 4.90 Å². The normalized spacial score (nSPS) is 11.4. The number of aryl methyl sites for hydroxylation is 2. The first-order chi connectivity index (χ1) is 9.27. The van der Waals surface area contributed by atoms with Gasteiger partial charge in [-0.15, -0.1) is 0 Å². The number of amides is 1. The smallest absolute Gasteiger partial charge is 0.251 e. The Kier molecular flexibility index (Phi) is 5.67. The topological polar surface area (TPSA) is 98.5 Å². The highest BCUT2D eigenvalue weighted by molar-refractivity contribution is 7.89. The minimum atomic E-state index is -3.84. The number of benzene rings is 1. The molecule has 0 saturated heterocycles. The van der Waals surface area contributed by atoms with E-state index in [1.54, 1.807) is 27.0 Å². The molecule has 1 aromatic carbocycles. The lowest BCUT2D eigenvalue weighted by atomic mass is 10.1. The summed E-state index contributed by atoms with van der Waals surface area (Å²) in [4.78, 5) is 12.0. The fourth-order valence-electron chi connectivity index (χ4n) is 1.90. The van der Waals surface area contributed by atoms with E-state index in [0.29, 0.717) is 36.3 Å². The molecule has 0 fully saturated rings. The molecule has 0 aliphatic carbocycles. The Hall–Kier alpha value is -1.44. The van der Waals surface area contributed by atoms with Crippen LogP contribution in [0.1, 0.15) is 27.9 Å². The summed E-state index contributed by atoms with van der Waals surface area (Å²) >= 11 is 0. The molecule has 1 rings (SSSR count). The molecule has 1 aromatic rings. The van der Waals surface area contributed by atoms with Gasteiger partial charge in [-0.05, 0) is 37.5 Å². The number of methoxy groups -OCH3 is 1. The van der Waals surface area contributed by atoms with Gasteiger partial charge in [0, 0.05) is 25.8 Å². The van der Waals surface area contributed by atoms with Gasteiger partial charge in [0.15, 0.2) is 0 Å². The first-order valence-electron chi connectivity index (χ1n) is 6.18. The van der Waals surface area contributed by atoms with Crippen LogP contribution in [0.2, 0.25) is 0 Å². The number of hydrogen-bond acceptors (Lipinski definition) is 4. The van der Waals surface area contributed by atoms with Crippen molar-refractivity contribution < 1.29 is 17.9 Å². The fraction of sp³-hybridized carbons (Fsp3) is 0.462. The minimum absolute atomic E-state index is 0.0230. The summed E-state index contributed by atoms with van der Waals surface area (Å²) in [7, 11) is -2.25. The maximum atomic E-state index is 12.0. The molecule has 0 bridgehead atoms. The highest BCUT2D eigenvalue weighted by Crippen LogP contribution is 2.19. The summed E-state index contributed by atoms with van der Waals surface area (Å²) in [5, 5.41) is 7.86. The van der Waals surface area contributed by atoms with E-state index in [0.717, 1.165) is 0 Å². The predicted molar refractivity (Wildman–Crippen MR) is 76.1 cm³/mol. The van der Waals surface area contributed by atoms with Gasteiger partial charge in [-0.1, -0.05) is 6.07 Å². The number of nitrogens with two attached hydrogens (primary N) is 1. The zero-order chi connectivity index (χ0) is 15.3. The number of sulfonamides is 1. The molecule has 7 heteroatoms. The second kappa shape index (κ2) is 6.83.